The predicted octanol–water partition coefficient (Wildman–Crippen LogP) is 3.61. The summed E-state index contributed by atoms with van der Waals surface area (Å²) >= 11 is 0. The third kappa shape index (κ3) is 7.49. The van der Waals surface area contributed by atoms with Gasteiger partial charge in [-0.25, -0.2) is 4.98 Å². The highest BCUT2D eigenvalue weighted by atomic mass is 15.1. The van der Waals surface area contributed by atoms with Crippen molar-refractivity contribution >= 4 is 0 Å². The summed E-state index contributed by atoms with van der Waals surface area (Å²) in [6.07, 6.45) is 15.4. The number of hydrogen-bond donors (Lipinski definition) is 1. The van der Waals surface area contributed by atoms with Crippen molar-refractivity contribution < 1.29 is 0 Å². The van der Waals surface area contributed by atoms with Crippen molar-refractivity contribution in [2.45, 2.75) is 71.4 Å². The first-order valence-electron chi connectivity index (χ1n) is 7.52. The highest BCUT2D eigenvalue weighted by Crippen LogP contribution is 2.06. The van der Waals surface area contributed by atoms with E-state index in [1.807, 2.05) is 18.7 Å². The van der Waals surface area contributed by atoms with E-state index in [1.165, 1.54) is 44.9 Å². The maximum absolute atomic E-state index is 4.06. The fraction of sp³-hybridized carbons (Fsp3) is 0.800. The smallest absolute Gasteiger partial charge is 0.0946 e. The Morgan fingerprint density at radius 3 is 2.50 bits per heavy atom. The second-order valence-electron chi connectivity index (χ2n) is 5.24. The fourth-order valence-electron chi connectivity index (χ4n) is 2.21. The van der Waals surface area contributed by atoms with E-state index in [-0.39, 0.29) is 0 Å². The molecule has 1 aromatic heterocycles. The first kappa shape index (κ1) is 15.2. The third-order valence-corrected chi connectivity index (χ3v) is 3.32. The minimum atomic E-state index is 0.527. The first-order valence-corrected chi connectivity index (χ1v) is 7.52. The second kappa shape index (κ2) is 10.1. The van der Waals surface area contributed by atoms with Crippen LogP contribution in [0.2, 0.25) is 0 Å². The lowest BCUT2D eigenvalue weighted by Crippen LogP contribution is -2.30. The highest BCUT2D eigenvalue weighted by Gasteiger charge is 2.01. The molecule has 0 saturated heterocycles. The summed E-state index contributed by atoms with van der Waals surface area (Å²) in [5, 5.41) is 3.57. The molecule has 1 N–H and O–H groups in total. The van der Waals surface area contributed by atoms with Gasteiger partial charge >= 0.3 is 0 Å². The van der Waals surface area contributed by atoms with E-state index in [0.29, 0.717) is 6.04 Å². The number of aromatic nitrogens is 2. The molecule has 1 heterocycles. The minimum Gasteiger partial charge on any atom is -0.336 e. The normalized spacial score (nSPS) is 12.8. The standard InChI is InChI=1S/C15H29N3/c1-3-4-5-6-7-8-9-10-17-15(2)13-18-12-11-16-14-18/h11-12,14-15,17H,3-10,13H2,1-2H3. The Labute approximate surface area is 112 Å². The largest absolute Gasteiger partial charge is 0.336 e. The molecule has 0 bridgehead atoms. The van der Waals surface area contributed by atoms with Crippen LogP contribution in [0.3, 0.4) is 0 Å². The van der Waals surface area contributed by atoms with Gasteiger partial charge in [0.2, 0.25) is 0 Å². The van der Waals surface area contributed by atoms with Crippen LogP contribution in [0.5, 0.6) is 0 Å². The van der Waals surface area contributed by atoms with Crippen LogP contribution in [-0.4, -0.2) is 22.1 Å². The number of nitrogens with one attached hydrogen (secondary N) is 1. The van der Waals surface area contributed by atoms with Crippen LogP contribution >= 0.6 is 0 Å². The number of imidazole rings is 1. The van der Waals surface area contributed by atoms with Crippen LogP contribution in [-0.2, 0) is 6.54 Å². The molecule has 0 aliphatic rings. The molecular weight excluding hydrogens is 222 g/mol. The topological polar surface area (TPSA) is 29.9 Å². The first-order chi connectivity index (χ1) is 8.83. The number of hydrogen-bond acceptors (Lipinski definition) is 2. The molecule has 0 fully saturated rings. The van der Waals surface area contributed by atoms with Gasteiger partial charge in [-0.3, -0.25) is 0 Å². The number of unbranched alkanes of at least 4 members (excludes halogenated alkanes) is 6. The van der Waals surface area contributed by atoms with E-state index < -0.39 is 0 Å². The lowest BCUT2D eigenvalue weighted by molar-refractivity contribution is 0.462. The molecule has 1 aromatic rings. The van der Waals surface area contributed by atoms with Gasteiger partial charge in [0.15, 0.2) is 0 Å². The van der Waals surface area contributed by atoms with Gasteiger partial charge in [0.05, 0.1) is 6.33 Å². The van der Waals surface area contributed by atoms with E-state index in [0.717, 1.165) is 13.1 Å². The molecule has 0 saturated carbocycles. The van der Waals surface area contributed by atoms with Crippen molar-refractivity contribution in [3.63, 3.8) is 0 Å². The molecule has 3 heteroatoms. The lowest BCUT2D eigenvalue weighted by atomic mass is 10.1. The van der Waals surface area contributed by atoms with E-state index in [2.05, 4.69) is 28.7 Å². The zero-order chi connectivity index (χ0) is 13.1. The van der Waals surface area contributed by atoms with Gasteiger partial charge in [-0.05, 0) is 19.9 Å². The van der Waals surface area contributed by atoms with Crippen LogP contribution < -0.4 is 5.32 Å². The van der Waals surface area contributed by atoms with E-state index in [4.69, 9.17) is 0 Å². The molecule has 0 radical (unpaired) electrons. The molecule has 0 aliphatic carbocycles. The molecule has 0 aliphatic heterocycles. The summed E-state index contributed by atoms with van der Waals surface area (Å²) in [5.74, 6) is 0. The molecular formula is C15H29N3. The maximum Gasteiger partial charge on any atom is 0.0946 e. The van der Waals surface area contributed by atoms with Crippen LogP contribution in [0, 0.1) is 0 Å². The van der Waals surface area contributed by atoms with Gasteiger partial charge in [-0.15, -0.1) is 0 Å². The van der Waals surface area contributed by atoms with Crippen molar-refractivity contribution in [3.05, 3.63) is 18.7 Å². The van der Waals surface area contributed by atoms with Gasteiger partial charge in [0.25, 0.3) is 0 Å². The molecule has 18 heavy (non-hydrogen) atoms. The Morgan fingerprint density at radius 1 is 1.11 bits per heavy atom. The maximum atomic E-state index is 4.06. The minimum absolute atomic E-state index is 0.527. The van der Waals surface area contributed by atoms with Gasteiger partial charge in [-0.2, -0.15) is 0 Å². The van der Waals surface area contributed by atoms with Crippen LogP contribution in [0.1, 0.15) is 58.8 Å². The van der Waals surface area contributed by atoms with Gasteiger partial charge in [-0.1, -0.05) is 45.4 Å². The summed E-state index contributed by atoms with van der Waals surface area (Å²) in [6, 6.07) is 0.527. The molecule has 0 spiro atoms. The van der Waals surface area contributed by atoms with E-state index in [1.54, 1.807) is 0 Å². The molecule has 1 rings (SSSR count). The Bertz CT molecular complexity index is 269. The number of nitrogens with zero attached hydrogens (tertiary/aromatic N) is 2. The van der Waals surface area contributed by atoms with E-state index >= 15 is 0 Å². The third-order valence-electron chi connectivity index (χ3n) is 3.32. The molecule has 104 valence electrons. The summed E-state index contributed by atoms with van der Waals surface area (Å²) in [7, 11) is 0. The van der Waals surface area contributed by atoms with E-state index in [9.17, 15) is 0 Å². The molecule has 1 atom stereocenters. The van der Waals surface area contributed by atoms with Gasteiger partial charge in [0, 0.05) is 25.0 Å². The van der Waals surface area contributed by atoms with Gasteiger partial charge in [0.1, 0.15) is 0 Å². The molecule has 3 nitrogen and oxygen atoms in total. The van der Waals surface area contributed by atoms with Crippen LogP contribution in [0.4, 0.5) is 0 Å². The molecule has 0 aromatic carbocycles. The average molecular weight is 251 g/mol. The summed E-state index contributed by atoms with van der Waals surface area (Å²) < 4.78 is 2.13. The van der Waals surface area contributed by atoms with Crippen molar-refractivity contribution in [1.82, 2.24) is 14.9 Å². The summed E-state index contributed by atoms with van der Waals surface area (Å²) in [5.41, 5.74) is 0. The Morgan fingerprint density at radius 2 is 1.83 bits per heavy atom. The summed E-state index contributed by atoms with van der Waals surface area (Å²) in [6.45, 7) is 6.66. The molecule has 1 unspecified atom stereocenters. The Hall–Kier alpha value is -0.830. The lowest BCUT2D eigenvalue weighted by Gasteiger charge is -2.14. The predicted molar refractivity (Wildman–Crippen MR) is 77.7 cm³/mol. The Balaban J connectivity index is 1.88. The van der Waals surface area contributed by atoms with Crippen molar-refractivity contribution in [3.8, 4) is 0 Å². The van der Waals surface area contributed by atoms with Crippen molar-refractivity contribution in [1.29, 1.82) is 0 Å². The number of rotatable bonds is 11. The fourth-order valence-corrected chi connectivity index (χ4v) is 2.21. The van der Waals surface area contributed by atoms with Crippen LogP contribution in [0.15, 0.2) is 18.7 Å². The van der Waals surface area contributed by atoms with Crippen molar-refractivity contribution in [2.24, 2.45) is 0 Å². The monoisotopic (exact) mass is 251 g/mol. The SMILES string of the molecule is CCCCCCCCCNC(C)Cn1ccnc1. The zero-order valence-electron chi connectivity index (χ0n) is 12.1. The summed E-state index contributed by atoms with van der Waals surface area (Å²) in [4.78, 5) is 4.06. The zero-order valence-corrected chi connectivity index (χ0v) is 12.1. The average Bonchev–Trinajstić information content (AvgIpc) is 2.85. The highest BCUT2D eigenvalue weighted by molar-refractivity contribution is 4.76. The quantitative estimate of drug-likeness (QED) is 0.609. The second-order valence-corrected chi connectivity index (χ2v) is 5.24. The van der Waals surface area contributed by atoms with Crippen molar-refractivity contribution in [2.75, 3.05) is 6.54 Å². The van der Waals surface area contributed by atoms with Gasteiger partial charge < -0.3 is 9.88 Å². The molecule has 0 amide bonds. The van der Waals surface area contributed by atoms with Crippen LogP contribution in [0.25, 0.3) is 0 Å². The Kier molecular flexibility index (Phi) is 8.57.